The van der Waals surface area contributed by atoms with Crippen molar-refractivity contribution >= 4 is 38.4 Å². The van der Waals surface area contributed by atoms with Crippen molar-refractivity contribution in [1.29, 1.82) is 0 Å². The van der Waals surface area contributed by atoms with Crippen molar-refractivity contribution in [3.8, 4) is 28.6 Å². The molecule has 6 rings (SSSR count). The molecule has 1 saturated heterocycles. The Balaban J connectivity index is 1.46. The molecule has 2 aromatic heterocycles. The summed E-state index contributed by atoms with van der Waals surface area (Å²) in [5.74, 6) is 1.85. The molecule has 3 heterocycles. The molecule has 10 nitrogen and oxygen atoms in total. The van der Waals surface area contributed by atoms with Crippen LogP contribution in [0.25, 0.3) is 22.3 Å². The highest BCUT2D eigenvalue weighted by Gasteiger charge is 2.42. The van der Waals surface area contributed by atoms with Gasteiger partial charge in [0.05, 0.1) is 38.9 Å². The number of nitrogens with zero attached hydrogens (tertiary/aromatic N) is 3. The van der Waals surface area contributed by atoms with Gasteiger partial charge in [-0.3, -0.25) is 9.59 Å². The van der Waals surface area contributed by atoms with E-state index in [2.05, 4.69) is 26.1 Å². The third-order valence-electron chi connectivity index (χ3n) is 7.50. The zero-order chi connectivity index (χ0) is 29.4. The van der Waals surface area contributed by atoms with Crippen LogP contribution >= 0.6 is 15.9 Å². The first-order valence-electron chi connectivity index (χ1n) is 13.2. The number of hydrogen-bond donors (Lipinski definition) is 1. The first kappa shape index (κ1) is 27.5. The van der Waals surface area contributed by atoms with Crippen molar-refractivity contribution in [2.24, 2.45) is 0 Å². The van der Waals surface area contributed by atoms with Crippen molar-refractivity contribution < 1.29 is 23.5 Å². The fourth-order valence-electron chi connectivity index (χ4n) is 5.46. The summed E-state index contributed by atoms with van der Waals surface area (Å²) in [5.41, 5.74) is 2.16. The van der Waals surface area contributed by atoms with Crippen LogP contribution in [0, 0.1) is 0 Å². The monoisotopic (exact) mass is 630 g/mol. The van der Waals surface area contributed by atoms with E-state index < -0.39 is 6.04 Å². The summed E-state index contributed by atoms with van der Waals surface area (Å²) in [5, 5.41) is 5.02. The number of carbonyl (C=O) groups is 1. The molecule has 1 aliphatic rings. The largest absolute Gasteiger partial charge is 0.497 e. The van der Waals surface area contributed by atoms with Gasteiger partial charge in [-0.2, -0.15) is 4.98 Å². The van der Waals surface area contributed by atoms with Gasteiger partial charge in [0.25, 0.3) is 5.56 Å². The van der Waals surface area contributed by atoms with Crippen molar-refractivity contribution in [2.45, 2.75) is 24.8 Å². The molecule has 1 aliphatic heterocycles. The van der Waals surface area contributed by atoms with Crippen LogP contribution in [0.1, 0.15) is 36.3 Å². The number of hydrogen-bond acceptors (Lipinski definition) is 8. The van der Waals surface area contributed by atoms with E-state index >= 15 is 0 Å². The zero-order valence-corrected chi connectivity index (χ0v) is 24.7. The molecule has 1 amide bonds. The normalized spacial score (nSPS) is 17.0. The van der Waals surface area contributed by atoms with E-state index in [-0.39, 0.29) is 35.2 Å². The van der Waals surface area contributed by atoms with Gasteiger partial charge in [0.1, 0.15) is 5.75 Å². The fraction of sp³-hybridized carbons (Fsp3) is 0.226. The van der Waals surface area contributed by atoms with Crippen LogP contribution in [0.3, 0.4) is 0 Å². The summed E-state index contributed by atoms with van der Waals surface area (Å²) in [7, 11) is 4.73. The van der Waals surface area contributed by atoms with Gasteiger partial charge in [-0.05, 0) is 72.6 Å². The van der Waals surface area contributed by atoms with Gasteiger partial charge in [0.15, 0.2) is 11.5 Å². The van der Waals surface area contributed by atoms with Gasteiger partial charge in [-0.25, -0.2) is 0 Å². The lowest BCUT2D eigenvalue weighted by molar-refractivity contribution is -0.120. The fourth-order valence-corrected chi connectivity index (χ4v) is 5.83. The Morgan fingerprint density at radius 1 is 0.929 bits per heavy atom. The van der Waals surface area contributed by atoms with Crippen LogP contribution in [0.15, 0.2) is 80.5 Å². The minimum absolute atomic E-state index is 0.0486. The standard InChI is InChI=1S/C31H27BrN4O6/c1-39-21-8-6-20(7-9-21)36-27(37)13-10-22(28(36)17-4-12-25(40-2)26(16-17)41-3)31-34-29(35-42-31)23-15-18-14-19(32)5-11-24(18)33-30(23)38/h4-9,11-12,14-16,22,28H,10,13H2,1-3H3,(H,33,38). The van der Waals surface area contributed by atoms with Crippen LogP contribution in [0.4, 0.5) is 5.69 Å². The highest BCUT2D eigenvalue weighted by molar-refractivity contribution is 9.10. The maximum Gasteiger partial charge on any atom is 0.259 e. The summed E-state index contributed by atoms with van der Waals surface area (Å²) in [4.78, 5) is 35.8. The SMILES string of the molecule is COc1ccc(N2C(=O)CCC(c3nc(-c4cc5cc(Br)ccc5[nH]c4=O)no3)C2c2ccc(OC)c(OC)c2)cc1. The molecule has 1 fully saturated rings. The predicted molar refractivity (Wildman–Crippen MR) is 160 cm³/mol. The Kier molecular flexibility index (Phi) is 7.42. The number of anilines is 1. The third kappa shape index (κ3) is 5.00. The number of ether oxygens (including phenoxy) is 3. The molecule has 0 spiro atoms. The molecule has 42 heavy (non-hydrogen) atoms. The van der Waals surface area contributed by atoms with Gasteiger partial charge < -0.3 is 28.6 Å². The van der Waals surface area contributed by atoms with Gasteiger partial charge in [0.2, 0.25) is 17.6 Å². The molecule has 11 heteroatoms. The minimum Gasteiger partial charge on any atom is -0.497 e. The average molecular weight is 631 g/mol. The van der Waals surface area contributed by atoms with E-state index in [0.717, 1.165) is 15.4 Å². The lowest BCUT2D eigenvalue weighted by Gasteiger charge is -2.40. The van der Waals surface area contributed by atoms with E-state index in [0.29, 0.717) is 40.8 Å². The minimum atomic E-state index is -0.515. The molecule has 214 valence electrons. The highest BCUT2D eigenvalue weighted by Crippen LogP contribution is 2.46. The number of rotatable bonds is 7. The van der Waals surface area contributed by atoms with E-state index in [9.17, 15) is 9.59 Å². The zero-order valence-electron chi connectivity index (χ0n) is 23.1. The topological polar surface area (TPSA) is 120 Å². The molecule has 0 bridgehead atoms. The molecule has 2 atom stereocenters. The molecule has 0 radical (unpaired) electrons. The Bertz CT molecular complexity index is 1830. The van der Waals surface area contributed by atoms with Crippen molar-refractivity contribution in [3.63, 3.8) is 0 Å². The summed E-state index contributed by atoms with van der Waals surface area (Å²) in [6, 6.07) is 19.7. The Morgan fingerprint density at radius 3 is 2.45 bits per heavy atom. The maximum absolute atomic E-state index is 13.5. The van der Waals surface area contributed by atoms with E-state index in [4.69, 9.17) is 23.7 Å². The number of nitrogens with one attached hydrogen (secondary N) is 1. The number of aromatic nitrogens is 3. The first-order valence-corrected chi connectivity index (χ1v) is 14.0. The Morgan fingerprint density at radius 2 is 1.71 bits per heavy atom. The number of methoxy groups -OCH3 is 3. The molecule has 0 aliphatic carbocycles. The number of piperidine rings is 1. The lowest BCUT2D eigenvalue weighted by Crippen LogP contribution is -2.42. The third-order valence-corrected chi connectivity index (χ3v) is 8.00. The quantitative estimate of drug-likeness (QED) is 0.232. The molecular formula is C31H27BrN4O6. The molecule has 0 saturated carbocycles. The van der Waals surface area contributed by atoms with Crippen molar-refractivity contribution in [2.75, 3.05) is 26.2 Å². The molecule has 2 unspecified atom stereocenters. The first-order chi connectivity index (χ1) is 20.4. The average Bonchev–Trinajstić information content (AvgIpc) is 3.50. The van der Waals surface area contributed by atoms with Gasteiger partial charge in [0, 0.05) is 27.5 Å². The van der Waals surface area contributed by atoms with Gasteiger partial charge >= 0.3 is 0 Å². The number of amides is 1. The molecule has 1 N–H and O–H groups in total. The van der Waals surface area contributed by atoms with Gasteiger partial charge in [-0.15, -0.1) is 0 Å². The summed E-state index contributed by atoms with van der Waals surface area (Å²) in [6.45, 7) is 0. The van der Waals surface area contributed by atoms with E-state index in [1.807, 2.05) is 60.7 Å². The second kappa shape index (κ2) is 11.3. The molecule has 5 aromatic rings. The smallest absolute Gasteiger partial charge is 0.259 e. The van der Waals surface area contributed by atoms with E-state index in [1.54, 1.807) is 32.3 Å². The second-order valence-corrected chi connectivity index (χ2v) is 10.8. The second-order valence-electron chi connectivity index (χ2n) is 9.87. The lowest BCUT2D eigenvalue weighted by atomic mass is 9.83. The van der Waals surface area contributed by atoms with Crippen molar-refractivity contribution in [1.82, 2.24) is 15.1 Å². The molecule has 3 aromatic carbocycles. The molecular weight excluding hydrogens is 604 g/mol. The maximum atomic E-state index is 13.5. The van der Waals surface area contributed by atoms with Crippen LogP contribution in [0.5, 0.6) is 17.2 Å². The Hall–Kier alpha value is -4.64. The summed E-state index contributed by atoms with van der Waals surface area (Å²) in [6.07, 6.45) is 0.732. The predicted octanol–water partition coefficient (Wildman–Crippen LogP) is 6.02. The number of H-pyrrole nitrogens is 1. The summed E-state index contributed by atoms with van der Waals surface area (Å²) >= 11 is 3.48. The van der Waals surface area contributed by atoms with Crippen LogP contribution in [0.2, 0.25) is 0 Å². The highest BCUT2D eigenvalue weighted by atomic mass is 79.9. The number of benzene rings is 3. The van der Waals surface area contributed by atoms with Crippen LogP contribution in [-0.4, -0.2) is 42.4 Å². The number of fused-ring (bicyclic) bond motifs is 1. The number of aromatic amines is 1. The van der Waals surface area contributed by atoms with Gasteiger partial charge in [-0.1, -0.05) is 27.2 Å². The van der Waals surface area contributed by atoms with Crippen molar-refractivity contribution in [3.05, 3.63) is 93.0 Å². The summed E-state index contributed by atoms with van der Waals surface area (Å²) < 4.78 is 23.1. The number of halogens is 1. The Labute approximate surface area is 249 Å². The van der Waals surface area contributed by atoms with E-state index in [1.165, 1.54) is 0 Å². The van der Waals surface area contributed by atoms with Crippen LogP contribution < -0.4 is 24.7 Å². The number of carbonyl (C=O) groups excluding carboxylic acids is 1. The number of pyridine rings is 1. The van der Waals surface area contributed by atoms with Crippen LogP contribution in [-0.2, 0) is 4.79 Å².